The molecule has 0 radical (unpaired) electrons. The van der Waals surface area contributed by atoms with Gasteiger partial charge in [0.05, 0.1) is 38.4 Å². The van der Waals surface area contributed by atoms with Gasteiger partial charge in [-0.15, -0.1) is 11.8 Å². The summed E-state index contributed by atoms with van der Waals surface area (Å²) in [6, 6.07) is 3.28. The Morgan fingerprint density at radius 2 is 1.68 bits per heavy atom. The Hall–Kier alpha value is -1.40. The predicted molar refractivity (Wildman–Crippen MR) is 73.5 cm³/mol. The van der Waals surface area contributed by atoms with Gasteiger partial charge in [-0.3, -0.25) is 0 Å². The third kappa shape index (κ3) is 4.04. The van der Waals surface area contributed by atoms with Crippen LogP contribution in [0.25, 0.3) is 0 Å². The molecule has 1 aromatic rings. The van der Waals surface area contributed by atoms with E-state index in [-0.39, 0.29) is 0 Å². The maximum atomic E-state index is 11.6. The van der Waals surface area contributed by atoms with Crippen molar-refractivity contribution in [1.29, 1.82) is 0 Å². The van der Waals surface area contributed by atoms with Crippen molar-refractivity contribution >= 4 is 17.7 Å². The molecule has 0 bridgehead atoms. The van der Waals surface area contributed by atoms with Crippen LogP contribution in [-0.4, -0.2) is 46.8 Å². The summed E-state index contributed by atoms with van der Waals surface area (Å²) in [6.07, 6.45) is 0. The second kappa shape index (κ2) is 7.91. The molecule has 0 N–H and O–H groups in total. The Balaban J connectivity index is 3.10. The number of benzene rings is 1. The SMILES string of the molecule is COCCSc1c(OC)cc(C(=O)OC)cc1OC. The number of esters is 1. The van der Waals surface area contributed by atoms with Crippen molar-refractivity contribution in [3.8, 4) is 11.5 Å². The van der Waals surface area contributed by atoms with Gasteiger partial charge in [0.2, 0.25) is 0 Å². The minimum Gasteiger partial charge on any atom is -0.495 e. The molecule has 5 nitrogen and oxygen atoms in total. The minimum atomic E-state index is -0.426. The van der Waals surface area contributed by atoms with Crippen LogP contribution in [0.3, 0.4) is 0 Å². The smallest absolute Gasteiger partial charge is 0.338 e. The lowest BCUT2D eigenvalue weighted by molar-refractivity contribution is 0.0599. The number of methoxy groups -OCH3 is 4. The number of thioether (sulfide) groups is 1. The average molecular weight is 286 g/mol. The van der Waals surface area contributed by atoms with E-state index in [2.05, 4.69) is 0 Å². The standard InChI is InChI=1S/C13H18O5S/c1-15-5-6-19-12-10(16-2)7-9(13(14)18-4)8-11(12)17-3/h7-8H,5-6H2,1-4H3. The Morgan fingerprint density at radius 3 is 2.11 bits per heavy atom. The molecule has 0 aliphatic carbocycles. The molecule has 0 saturated carbocycles. The number of rotatable bonds is 7. The van der Waals surface area contributed by atoms with Crippen LogP contribution in [-0.2, 0) is 9.47 Å². The van der Waals surface area contributed by atoms with Gasteiger partial charge in [0.1, 0.15) is 11.5 Å². The van der Waals surface area contributed by atoms with Gasteiger partial charge in [-0.25, -0.2) is 4.79 Å². The van der Waals surface area contributed by atoms with E-state index < -0.39 is 5.97 Å². The van der Waals surface area contributed by atoms with E-state index in [9.17, 15) is 4.79 Å². The molecule has 106 valence electrons. The highest BCUT2D eigenvalue weighted by atomic mass is 32.2. The number of hydrogen-bond acceptors (Lipinski definition) is 6. The molecule has 0 atom stereocenters. The highest BCUT2D eigenvalue weighted by Crippen LogP contribution is 2.39. The molecule has 0 heterocycles. The summed E-state index contributed by atoms with van der Waals surface area (Å²) in [5.74, 6) is 1.51. The van der Waals surface area contributed by atoms with E-state index in [4.69, 9.17) is 18.9 Å². The molecule has 0 aliphatic heterocycles. The summed E-state index contributed by atoms with van der Waals surface area (Å²) in [4.78, 5) is 12.4. The zero-order chi connectivity index (χ0) is 14.3. The van der Waals surface area contributed by atoms with Crippen molar-refractivity contribution in [3.05, 3.63) is 17.7 Å². The van der Waals surface area contributed by atoms with Crippen LogP contribution in [0.4, 0.5) is 0 Å². The molecule has 0 fully saturated rings. The van der Waals surface area contributed by atoms with Crippen molar-refractivity contribution in [2.24, 2.45) is 0 Å². The lowest BCUT2D eigenvalue weighted by Gasteiger charge is -2.14. The first-order valence-electron chi connectivity index (χ1n) is 5.64. The van der Waals surface area contributed by atoms with E-state index in [0.29, 0.717) is 23.7 Å². The summed E-state index contributed by atoms with van der Waals surface area (Å²) >= 11 is 1.55. The van der Waals surface area contributed by atoms with E-state index in [1.165, 1.54) is 7.11 Å². The highest BCUT2D eigenvalue weighted by molar-refractivity contribution is 7.99. The van der Waals surface area contributed by atoms with Gasteiger partial charge in [0, 0.05) is 12.9 Å². The van der Waals surface area contributed by atoms with Crippen molar-refractivity contribution in [2.45, 2.75) is 4.90 Å². The van der Waals surface area contributed by atoms with Crippen LogP contribution in [0.15, 0.2) is 17.0 Å². The number of hydrogen-bond donors (Lipinski definition) is 0. The van der Waals surface area contributed by atoms with Crippen molar-refractivity contribution in [1.82, 2.24) is 0 Å². The Morgan fingerprint density at radius 1 is 1.11 bits per heavy atom. The van der Waals surface area contributed by atoms with Crippen LogP contribution >= 0.6 is 11.8 Å². The Labute approximate surface area is 117 Å². The molecule has 0 aromatic heterocycles. The van der Waals surface area contributed by atoms with Crippen LogP contribution in [0.2, 0.25) is 0 Å². The van der Waals surface area contributed by atoms with Gasteiger partial charge in [0.15, 0.2) is 0 Å². The van der Waals surface area contributed by atoms with Gasteiger partial charge >= 0.3 is 5.97 Å². The summed E-state index contributed by atoms with van der Waals surface area (Å²) < 4.78 is 20.3. The third-order valence-electron chi connectivity index (χ3n) is 2.42. The number of carbonyl (C=O) groups is 1. The monoisotopic (exact) mass is 286 g/mol. The van der Waals surface area contributed by atoms with Gasteiger partial charge in [-0.1, -0.05) is 0 Å². The molecule has 6 heteroatoms. The summed E-state index contributed by atoms with van der Waals surface area (Å²) in [7, 11) is 6.09. The fraction of sp³-hybridized carbons (Fsp3) is 0.462. The first-order chi connectivity index (χ1) is 9.17. The molecular weight excluding hydrogens is 268 g/mol. The van der Waals surface area contributed by atoms with Crippen LogP contribution in [0.1, 0.15) is 10.4 Å². The Bertz CT molecular complexity index is 408. The zero-order valence-electron chi connectivity index (χ0n) is 11.5. The topological polar surface area (TPSA) is 54.0 Å². The summed E-state index contributed by atoms with van der Waals surface area (Å²) in [6.45, 7) is 0.621. The molecule has 0 amide bonds. The van der Waals surface area contributed by atoms with Gasteiger partial charge in [-0.05, 0) is 12.1 Å². The molecular formula is C13H18O5S. The predicted octanol–water partition coefficient (Wildman–Crippen LogP) is 2.23. The van der Waals surface area contributed by atoms with Crippen LogP contribution in [0, 0.1) is 0 Å². The normalized spacial score (nSPS) is 10.1. The van der Waals surface area contributed by atoms with Crippen molar-refractivity contribution in [2.75, 3.05) is 40.8 Å². The van der Waals surface area contributed by atoms with Crippen LogP contribution in [0.5, 0.6) is 11.5 Å². The van der Waals surface area contributed by atoms with Gasteiger partial charge in [0.25, 0.3) is 0 Å². The maximum Gasteiger partial charge on any atom is 0.338 e. The average Bonchev–Trinajstić information content (AvgIpc) is 2.46. The van der Waals surface area contributed by atoms with Gasteiger partial charge in [-0.2, -0.15) is 0 Å². The Kier molecular flexibility index (Phi) is 6.52. The van der Waals surface area contributed by atoms with Gasteiger partial charge < -0.3 is 18.9 Å². The second-order valence-electron chi connectivity index (χ2n) is 3.54. The first-order valence-corrected chi connectivity index (χ1v) is 6.62. The maximum absolute atomic E-state index is 11.6. The van der Waals surface area contributed by atoms with E-state index in [0.717, 1.165) is 10.6 Å². The zero-order valence-corrected chi connectivity index (χ0v) is 12.3. The van der Waals surface area contributed by atoms with Crippen LogP contribution < -0.4 is 9.47 Å². The summed E-state index contributed by atoms with van der Waals surface area (Å²) in [5.41, 5.74) is 0.396. The summed E-state index contributed by atoms with van der Waals surface area (Å²) in [5, 5.41) is 0. The lowest BCUT2D eigenvalue weighted by atomic mass is 10.2. The quantitative estimate of drug-likeness (QED) is 0.435. The number of carbonyl (C=O) groups excluding carboxylic acids is 1. The highest BCUT2D eigenvalue weighted by Gasteiger charge is 2.16. The number of ether oxygens (including phenoxy) is 4. The largest absolute Gasteiger partial charge is 0.495 e. The first kappa shape index (κ1) is 15.7. The van der Waals surface area contributed by atoms with Crippen molar-refractivity contribution < 1.29 is 23.7 Å². The molecule has 19 heavy (non-hydrogen) atoms. The molecule has 0 unspecified atom stereocenters. The molecule has 0 saturated heterocycles. The minimum absolute atomic E-state index is 0.396. The molecule has 0 aliphatic rings. The second-order valence-corrected chi connectivity index (χ2v) is 4.65. The fourth-order valence-electron chi connectivity index (χ4n) is 1.48. The molecule has 0 spiro atoms. The van der Waals surface area contributed by atoms with E-state index in [1.807, 2.05) is 0 Å². The molecule has 1 aromatic carbocycles. The van der Waals surface area contributed by atoms with E-state index >= 15 is 0 Å². The third-order valence-corrected chi connectivity index (χ3v) is 3.48. The lowest BCUT2D eigenvalue weighted by Crippen LogP contribution is -2.04. The van der Waals surface area contributed by atoms with E-state index in [1.54, 1.807) is 45.2 Å². The molecule has 1 rings (SSSR count). The van der Waals surface area contributed by atoms with Crippen molar-refractivity contribution in [3.63, 3.8) is 0 Å². The fourth-order valence-corrected chi connectivity index (χ4v) is 2.51.